The molecule has 1 aromatic carbocycles. The molecule has 118 valence electrons. The van der Waals surface area contributed by atoms with Gasteiger partial charge in [-0.15, -0.1) is 5.10 Å². The van der Waals surface area contributed by atoms with Crippen molar-refractivity contribution >= 4 is 17.5 Å². The quantitative estimate of drug-likeness (QED) is 0.718. The van der Waals surface area contributed by atoms with Crippen molar-refractivity contribution in [1.29, 1.82) is 0 Å². The maximum atomic E-state index is 5.26. The zero-order valence-corrected chi connectivity index (χ0v) is 13.2. The van der Waals surface area contributed by atoms with E-state index < -0.39 is 0 Å². The molecule has 2 N–H and O–H groups in total. The summed E-state index contributed by atoms with van der Waals surface area (Å²) < 4.78 is 5.26. The Kier molecular flexibility index (Phi) is 4.52. The third kappa shape index (κ3) is 4.06. The molecule has 0 aliphatic rings. The fourth-order valence-electron chi connectivity index (χ4n) is 2.12. The molecule has 0 saturated carbocycles. The molecule has 23 heavy (non-hydrogen) atoms. The van der Waals surface area contributed by atoms with E-state index in [2.05, 4.69) is 51.8 Å². The van der Waals surface area contributed by atoms with Crippen molar-refractivity contribution in [1.82, 2.24) is 15.2 Å². The van der Waals surface area contributed by atoms with Crippen molar-refractivity contribution in [3.05, 3.63) is 60.2 Å². The average molecular weight is 309 g/mol. The predicted octanol–water partition coefficient (Wildman–Crippen LogP) is 3.94. The second-order valence-electron chi connectivity index (χ2n) is 5.50. The van der Waals surface area contributed by atoms with Crippen molar-refractivity contribution in [2.24, 2.45) is 0 Å². The molecule has 3 rings (SSSR count). The van der Waals surface area contributed by atoms with Crippen molar-refractivity contribution < 1.29 is 4.42 Å². The topological polar surface area (TPSA) is 75.9 Å². The van der Waals surface area contributed by atoms with E-state index in [1.54, 1.807) is 12.5 Å². The van der Waals surface area contributed by atoms with Crippen LogP contribution in [0.5, 0.6) is 0 Å². The number of hydrogen-bond acceptors (Lipinski definition) is 6. The molecular weight excluding hydrogens is 290 g/mol. The first-order valence-electron chi connectivity index (χ1n) is 7.53. The lowest BCUT2D eigenvalue weighted by molar-refractivity contribution is 0.517. The van der Waals surface area contributed by atoms with Gasteiger partial charge in [-0.25, -0.2) is 0 Å². The Balaban J connectivity index is 1.64. The third-order valence-electron chi connectivity index (χ3n) is 3.41. The molecule has 0 atom stereocenters. The summed E-state index contributed by atoms with van der Waals surface area (Å²) in [7, 11) is 0. The Morgan fingerprint density at radius 3 is 2.65 bits per heavy atom. The minimum absolute atomic E-state index is 0.449. The summed E-state index contributed by atoms with van der Waals surface area (Å²) in [6, 6.07) is 12.0. The van der Waals surface area contributed by atoms with E-state index in [1.807, 2.05) is 24.3 Å². The highest BCUT2D eigenvalue weighted by Crippen LogP contribution is 2.19. The van der Waals surface area contributed by atoms with Gasteiger partial charge in [-0.3, -0.25) is 0 Å². The average Bonchev–Trinajstić information content (AvgIpc) is 3.07. The fourth-order valence-corrected chi connectivity index (χ4v) is 2.12. The van der Waals surface area contributed by atoms with Crippen LogP contribution in [0.1, 0.15) is 31.1 Å². The number of nitrogens with zero attached hydrogens (tertiary/aromatic N) is 3. The van der Waals surface area contributed by atoms with Crippen LogP contribution in [-0.4, -0.2) is 15.2 Å². The minimum Gasteiger partial charge on any atom is -0.467 e. The zero-order valence-electron chi connectivity index (χ0n) is 13.2. The molecule has 0 saturated heterocycles. The Labute approximate surface area is 135 Å². The maximum Gasteiger partial charge on any atom is 0.245 e. The van der Waals surface area contributed by atoms with Crippen molar-refractivity contribution in [3.63, 3.8) is 0 Å². The highest BCUT2D eigenvalue weighted by molar-refractivity contribution is 5.56. The summed E-state index contributed by atoms with van der Waals surface area (Å²) in [6.45, 7) is 4.86. The van der Waals surface area contributed by atoms with E-state index in [9.17, 15) is 0 Å². The van der Waals surface area contributed by atoms with Gasteiger partial charge in [0.05, 0.1) is 19.0 Å². The molecule has 0 unspecified atom stereocenters. The van der Waals surface area contributed by atoms with Crippen LogP contribution in [0.25, 0.3) is 0 Å². The number of furan rings is 1. The van der Waals surface area contributed by atoms with Gasteiger partial charge in [-0.2, -0.15) is 10.1 Å². The van der Waals surface area contributed by atoms with E-state index in [0.717, 1.165) is 11.4 Å². The molecule has 3 aromatic rings. The van der Waals surface area contributed by atoms with Gasteiger partial charge in [0.25, 0.3) is 0 Å². The summed E-state index contributed by atoms with van der Waals surface area (Å²) >= 11 is 0. The largest absolute Gasteiger partial charge is 0.467 e. The van der Waals surface area contributed by atoms with Crippen LogP contribution < -0.4 is 10.6 Å². The number of rotatable bonds is 6. The van der Waals surface area contributed by atoms with E-state index in [1.165, 1.54) is 5.56 Å². The molecule has 0 aliphatic heterocycles. The van der Waals surface area contributed by atoms with Crippen LogP contribution in [0.4, 0.5) is 17.5 Å². The first-order valence-corrected chi connectivity index (χ1v) is 7.53. The number of nitrogens with one attached hydrogen (secondary N) is 2. The summed E-state index contributed by atoms with van der Waals surface area (Å²) in [4.78, 5) is 4.39. The zero-order chi connectivity index (χ0) is 16.1. The van der Waals surface area contributed by atoms with Gasteiger partial charge >= 0.3 is 0 Å². The Bertz CT molecular complexity index is 738. The second-order valence-corrected chi connectivity index (χ2v) is 5.50. The van der Waals surface area contributed by atoms with E-state index in [4.69, 9.17) is 4.42 Å². The Morgan fingerprint density at radius 1 is 1.13 bits per heavy atom. The monoisotopic (exact) mass is 309 g/mol. The van der Waals surface area contributed by atoms with E-state index in [0.29, 0.717) is 24.2 Å². The smallest absolute Gasteiger partial charge is 0.245 e. The van der Waals surface area contributed by atoms with Gasteiger partial charge in [0.2, 0.25) is 5.95 Å². The number of aromatic nitrogens is 3. The Hall–Kier alpha value is -2.89. The summed E-state index contributed by atoms with van der Waals surface area (Å²) in [5.74, 6) is 2.42. The van der Waals surface area contributed by atoms with Crippen molar-refractivity contribution in [2.45, 2.75) is 26.3 Å². The van der Waals surface area contributed by atoms with Crippen LogP contribution >= 0.6 is 0 Å². The van der Waals surface area contributed by atoms with E-state index in [-0.39, 0.29) is 0 Å². The standard InChI is InChI=1S/C17H19N5O/c1-12(2)13-5-7-14(8-6-13)20-16-11-19-22-17(21-16)18-10-15-4-3-9-23-15/h3-9,11-12H,10H2,1-2H3,(H2,18,20,21,22). The van der Waals surface area contributed by atoms with Gasteiger partial charge < -0.3 is 15.1 Å². The lowest BCUT2D eigenvalue weighted by Gasteiger charge is -2.09. The van der Waals surface area contributed by atoms with Crippen LogP contribution in [0.2, 0.25) is 0 Å². The minimum atomic E-state index is 0.449. The molecule has 0 amide bonds. The first-order chi connectivity index (χ1) is 11.2. The summed E-state index contributed by atoms with van der Waals surface area (Å²) in [5, 5.41) is 14.2. The normalized spacial score (nSPS) is 10.7. The van der Waals surface area contributed by atoms with Crippen LogP contribution in [0.15, 0.2) is 53.3 Å². The highest BCUT2D eigenvalue weighted by atomic mass is 16.3. The summed E-state index contributed by atoms with van der Waals surface area (Å²) in [6.07, 6.45) is 3.23. The molecule has 2 heterocycles. The number of benzene rings is 1. The molecule has 6 nitrogen and oxygen atoms in total. The molecule has 2 aromatic heterocycles. The SMILES string of the molecule is CC(C)c1ccc(Nc2cnnc(NCc3ccco3)n2)cc1. The van der Waals surface area contributed by atoms with E-state index >= 15 is 0 Å². The molecular formula is C17H19N5O. The molecule has 0 fully saturated rings. The summed E-state index contributed by atoms with van der Waals surface area (Å²) in [5.41, 5.74) is 2.27. The molecule has 0 spiro atoms. The number of anilines is 3. The van der Waals surface area contributed by atoms with Gasteiger partial charge in [0.15, 0.2) is 5.82 Å². The van der Waals surface area contributed by atoms with Gasteiger partial charge in [-0.1, -0.05) is 26.0 Å². The predicted molar refractivity (Wildman–Crippen MR) is 89.7 cm³/mol. The maximum absolute atomic E-state index is 5.26. The van der Waals surface area contributed by atoms with Crippen LogP contribution in [0, 0.1) is 0 Å². The third-order valence-corrected chi connectivity index (χ3v) is 3.41. The van der Waals surface area contributed by atoms with Gasteiger partial charge in [0, 0.05) is 5.69 Å². The highest BCUT2D eigenvalue weighted by Gasteiger charge is 2.03. The lowest BCUT2D eigenvalue weighted by atomic mass is 10.0. The molecule has 6 heteroatoms. The Morgan fingerprint density at radius 2 is 1.96 bits per heavy atom. The lowest BCUT2D eigenvalue weighted by Crippen LogP contribution is -2.05. The fraction of sp³-hybridized carbons (Fsp3) is 0.235. The van der Waals surface area contributed by atoms with Gasteiger partial charge in [0.1, 0.15) is 5.76 Å². The van der Waals surface area contributed by atoms with Crippen molar-refractivity contribution in [3.8, 4) is 0 Å². The van der Waals surface area contributed by atoms with Crippen LogP contribution in [-0.2, 0) is 6.54 Å². The van der Waals surface area contributed by atoms with Gasteiger partial charge in [-0.05, 0) is 35.7 Å². The van der Waals surface area contributed by atoms with Crippen molar-refractivity contribution in [2.75, 3.05) is 10.6 Å². The molecule has 0 bridgehead atoms. The number of hydrogen-bond donors (Lipinski definition) is 2. The molecule has 0 aliphatic carbocycles. The van der Waals surface area contributed by atoms with Crippen LogP contribution in [0.3, 0.4) is 0 Å². The first kappa shape index (κ1) is 15.0. The second kappa shape index (κ2) is 6.91. The molecule has 0 radical (unpaired) electrons.